The lowest BCUT2D eigenvalue weighted by Gasteiger charge is -2.21. The molecule has 1 heteroatoms. The molecule has 1 aliphatic carbocycles. The van der Waals surface area contributed by atoms with Gasteiger partial charge in [-0.3, -0.25) is 0 Å². The van der Waals surface area contributed by atoms with E-state index in [2.05, 4.69) is 69.5 Å². The number of furan rings is 1. The van der Waals surface area contributed by atoms with Crippen molar-refractivity contribution in [3.05, 3.63) is 90.5 Å². The summed E-state index contributed by atoms with van der Waals surface area (Å²) in [6.45, 7) is 12.7. The number of hydrogen-bond donors (Lipinski definition) is 0. The second kappa shape index (κ2) is 4.98. The average molecular weight is 336 g/mol. The van der Waals surface area contributed by atoms with Crippen molar-refractivity contribution >= 4 is 38.3 Å². The van der Waals surface area contributed by atoms with Crippen LogP contribution in [0.15, 0.2) is 83.8 Å². The minimum atomic E-state index is -0.0821. The Kier molecular flexibility index (Phi) is 2.92. The molecule has 0 unspecified atom stereocenters. The van der Waals surface area contributed by atoms with E-state index in [1.807, 2.05) is 18.2 Å². The van der Waals surface area contributed by atoms with E-state index in [0.29, 0.717) is 0 Å². The maximum atomic E-state index is 6.24. The molecule has 0 aliphatic heterocycles. The van der Waals surface area contributed by atoms with Gasteiger partial charge in [-0.25, -0.2) is 0 Å². The first-order valence-electron chi connectivity index (χ1n) is 8.93. The molecule has 1 heterocycles. The van der Waals surface area contributed by atoms with Crippen LogP contribution in [0.3, 0.4) is 0 Å². The van der Waals surface area contributed by atoms with Gasteiger partial charge in [0.25, 0.3) is 0 Å². The van der Waals surface area contributed by atoms with Gasteiger partial charge in [0.15, 0.2) is 0 Å². The molecule has 0 fully saturated rings. The van der Waals surface area contributed by atoms with Crippen molar-refractivity contribution in [2.75, 3.05) is 0 Å². The fourth-order valence-electron chi connectivity index (χ4n) is 4.26. The number of benzene rings is 3. The summed E-state index contributed by atoms with van der Waals surface area (Å²) in [6.07, 6.45) is 3.91. The molecule has 0 bridgehead atoms. The zero-order valence-corrected chi connectivity index (χ0v) is 15.1. The first-order chi connectivity index (χ1) is 12.5. The second-order valence-electron chi connectivity index (χ2n) is 7.58. The Balaban J connectivity index is 1.94. The van der Waals surface area contributed by atoms with Gasteiger partial charge in [0.05, 0.1) is 0 Å². The molecular formula is C25H20O. The molecule has 4 aromatic rings. The van der Waals surface area contributed by atoms with E-state index in [0.717, 1.165) is 27.5 Å². The monoisotopic (exact) mass is 336 g/mol. The van der Waals surface area contributed by atoms with Crippen molar-refractivity contribution in [3.63, 3.8) is 0 Å². The van der Waals surface area contributed by atoms with E-state index >= 15 is 0 Å². The fraction of sp³-hybridized carbons (Fsp3) is 0.120. The lowest BCUT2D eigenvalue weighted by molar-refractivity contribution is 0.663. The molecule has 3 aromatic carbocycles. The van der Waals surface area contributed by atoms with Crippen molar-refractivity contribution in [3.8, 4) is 0 Å². The van der Waals surface area contributed by atoms with E-state index in [4.69, 9.17) is 4.42 Å². The molecule has 1 aliphatic rings. The zero-order chi connectivity index (χ0) is 18.1. The summed E-state index contributed by atoms with van der Waals surface area (Å²) in [6, 6.07) is 17.2. The van der Waals surface area contributed by atoms with Crippen LogP contribution in [0.5, 0.6) is 0 Å². The molecule has 0 amide bonds. The van der Waals surface area contributed by atoms with Crippen LogP contribution < -0.4 is 0 Å². The molecule has 0 radical (unpaired) electrons. The summed E-state index contributed by atoms with van der Waals surface area (Å²) in [5, 5.41) is 4.68. The average Bonchev–Trinajstić information content (AvgIpc) is 3.10. The van der Waals surface area contributed by atoms with Gasteiger partial charge in [0.1, 0.15) is 11.2 Å². The standard InChI is InChI=1S/C25H20O/c1-5-8-17-15(2)25(3,4)22-13-16-11-12-19-18-9-6-7-10-23(18)26-24(19)20(16)14-21(17)22/h5-14H,1-2H2,3-4H3/b17-8+. The third kappa shape index (κ3) is 1.80. The van der Waals surface area contributed by atoms with E-state index in [1.165, 1.54) is 27.5 Å². The van der Waals surface area contributed by atoms with E-state index < -0.39 is 0 Å². The van der Waals surface area contributed by atoms with Crippen molar-refractivity contribution in [1.29, 1.82) is 0 Å². The van der Waals surface area contributed by atoms with Crippen molar-refractivity contribution in [2.45, 2.75) is 19.3 Å². The van der Waals surface area contributed by atoms with Crippen LogP contribution in [0.25, 0.3) is 38.3 Å². The lowest BCUT2D eigenvalue weighted by atomic mass is 9.82. The Morgan fingerprint density at radius 2 is 1.77 bits per heavy atom. The highest BCUT2D eigenvalue weighted by Gasteiger charge is 2.37. The Morgan fingerprint density at radius 3 is 2.58 bits per heavy atom. The molecule has 0 spiro atoms. The van der Waals surface area contributed by atoms with Gasteiger partial charge in [-0.15, -0.1) is 0 Å². The number of hydrogen-bond acceptors (Lipinski definition) is 1. The predicted molar refractivity (Wildman–Crippen MR) is 112 cm³/mol. The summed E-state index contributed by atoms with van der Waals surface area (Å²) in [7, 11) is 0. The van der Waals surface area contributed by atoms with Gasteiger partial charge in [0.2, 0.25) is 0 Å². The molecule has 0 saturated heterocycles. The van der Waals surface area contributed by atoms with E-state index in [1.54, 1.807) is 0 Å². The first-order valence-corrected chi connectivity index (χ1v) is 8.93. The summed E-state index contributed by atoms with van der Waals surface area (Å²) in [4.78, 5) is 0. The topological polar surface area (TPSA) is 13.1 Å². The predicted octanol–water partition coefficient (Wildman–Crippen LogP) is 7.16. The zero-order valence-electron chi connectivity index (χ0n) is 15.1. The van der Waals surface area contributed by atoms with Crippen molar-refractivity contribution in [1.82, 2.24) is 0 Å². The Morgan fingerprint density at radius 1 is 0.962 bits per heavy atom. The fourth-order valence-corrected chi connectivity index (χ4v) is 4.26. The van der Waals surface area contributed by atoms with Gasteiger partial charge in [-0.2, -0.15) is 0 Å². The van der Waals surface area contributed by atoms with Gasteiger partial charge in [-0.05, 0) is 51.9 Å². The smallest absolute Gasteiger partial charge is 0.143 e. The number of para-hydroxylation sites is 1. The molecule has 5 rings (SSSR count). The SMILES string of the molecule is C=C/C=C1\C(=C)C(C)(C)c2cc3ccc4c5ccccc5oc4c3cc21. The number of allylic oxidation sites excluding steroid dienone is 4. The number of fused-ring (bicyclic) bond motifs is 6. The highest BCUT2D eigenvalue weighted by atomic mass is 16.3. The van der Waals surface area contributed by atoms with Crippen molar-refractivity contribution in [2.24, 2.45) is 0 Å². The Labute approximate surface area is 152 Å². The molecule has 0 saturated carbocycles. The third-order valence-electron chi connectivity index (χ3n) is 5.83. The summed E-state index contributed by atoms with van der Waals surface area (Å²) >= 11 is 0. The van der Waals surface area contributed by atoms with Gasteiger partial charge >= 0.3 is 0 Å². The summed E-state index contributed by atoms with van der Waals surface area (Å²) < 4.78 is 6.24. The molecule has 1 nitrogen and oxygen atoms in total. The van der Waals surface area contributed by atoms with Gasteiger partial charge < -0.3 is 4.42 Å². The normalized spacial score (nSPS) is 17.5. The Hall–Kier alpha value is -3.06. The lowest BCUT2D eigenvalue weighted by Crippen LogP contribution is -2.14. The summed E-state index contributed by atoms with van der Waals surface area (Å²) in [5.41, 5.74) is 6.68. The minimum Gasteiger partial charge on any atom is -0.455 e. The van der Waals surface area contributed by atoms with Crippen LogP contribution in [0.4, 0.5) is 0 Å². The van der Waals surface area contributed by atoms with Gasteiger partial charge in [0, 0.05) is 21.6 Å². The minimum absolute atomic E-state index is 0.0821. The second-order valence-corrected chi connectivity index (χ2v) is 7.58. The molecule has 0 atom stereocenters. The first kappa shape index (κ1) is 15.2. The molecule has 0 N–H and O–H groups in total. The third-order valence-corrected chi connectivity index (χ3v) is 5.83. The van der Waals surface area contributed by atoms with Crippen LogP contribution in [0, 0.1) is 0 Å². The largest absolute Gasteiger partial charge is 0.455 e. The molecule has 126 valence electrons. The van der Waals surface area contributed by atoms with Crippen LogP contribution >= 0.6 is 0 Å². The molecular weight excluding hydrogens is 316 g/mol. The van der Waals surface area contributed by atoms with Crippen LogP contribution in [0.1, 0.15) is 25.0 Å². The maximum Gasteiger partial charge on any atom is 0.143 e. The summed E-state index contributed by atoms with van der Waals surface area (Å²) in [5.74, 6) is 0. The van der Waals surface area contributed by atoms with Gasteiger partial charge in [-0.1, -0.05) is 63.4 Å². The quantitative estimate of drug-likeness (QED) is 0.359. The highest BCUT2D eigenvalue weighted by molar-refractivity contribution is 6.16. The van der Waals surface area contributed by atoms with E-state index in [9.17, 15) is 0 Å². The highest BCUT2D eigenvalue weighted by Crippen LogP contribution is 2.50. The molecule has 26 heavy (non-hydrogen) atoms. The number of rotatable bonds is 1. The van der Waals surface area contributed by atoms with Crippen LogP contribution in [-0.2, 0) is 5.41 Å². The van der Waals surface area contributed by atoms with Crippen LogP contribution in [-0.4, -0.2) is 0 Å². The Bertz CT molecular complexity index is 1280. The van der Waals surface area contributed by atoms with E-state index in [-0.39, 0.29) is 5.41 Å². The maximum absolute atomic E-state index is 6.24. The van der Waals surface area contributed by atoms with Crippen molar-refractivity contribution < 1.29 is 4.42 Å². The van der Waals surface area contributed by atoms with Crippen LogP contribution in [0.2, 0.25) is 0 Å². The molecule has 1 aromatic heterocycles.